The molecule has 0 amide bonds. The molecule has 0 aliphatic carbocycles. The van der Waals surface area contributed by atoms with Gasteiger partial charge in [-0.15, -0.1) is 0 Å². The van der Waals surface area contributed by atoms with Crippen LogP contribution >= 0.6 is 0 Å². The molecule has 68 valence electrons. The molecule has 1 atom stereocenters. The Balaban J connectivity index is 0. The molecular weight excluding hydrogens is 158 g/mol. The molecule has 0 aromatic rings. The summed E-state index contributed by atoms with van der Waals surface area (Å²) in [6.45, 7) is 6.04. The fourth-order valence-corrected chi connectivity index (χ4v) is 1.12. The van der Waals surface area contributed by atoms with Crippen molar-refractivity contribution in [3.63, 3.8) is 0 Å². The van der Waals surface area contributed by atoms with Gasteiger partial charge in [0.05, 0.1) is 21.1 Å². The molecule has 0 heterocycles. The number of halogens is 1. The van der Waals surface area contributed by atoms with Crippen molar-refractivity contribution in [1.82, 2.24) is 0 Å². The van der Waals surface area contributed by atoms with E-state index in [1.54, 1.807) is 0 Å². The monoisotopic (exact) mass is 177 g/mol. The minimum absolute atomic E-state index is 0. The van der Waals surface area contributed by atoms with Crippen LogP contribution in [0.15, 0.2) is 12.7 Å². The third-order valence-corrected chi connectivity index (χ3v) is 1.85. The smallest absolute Gasteiger partial charge is 0.107 e. The Morgan fingerprint density at radius 1 is 1.36 bits per heavy atom. The summed E-state index contributed by atoms with van der Waals surface area (Å²) in [6, 6.07) is 0.616. The van der Waals surface area contributed by atoms with Crippen molar-refractivity contribution in [2.75, 3.05) is 21.1 Å². The maximum Gasteiger partial charge on any atom is 0.107 e. The Morgan fingerprint density at radius 2 is 1.82 bits per heavy atom. The van der Waals surface area contributed by atoms with Gasteiger partial charge in [-0.1, -0.05) is 19.9 Å². The first kappa shape index (κ1) is 13.6. The van der Waals surface area contributed by atoms with Crippen LogP contribution in [-0.4, -0.2) is 31.7 Å². The van der Waals surface area contributed by atoms with E-state index in [9.17, 15) is 0 Å². The van der Waals surface area contributed by atoms with Crippen LogP contribution in [-0.2, 0) is 0 Å². The number of nitrogens with zero attached hydrogens (tertiary/aromatic N) is 1. The van der Waals surface area contributed by atoms with E-state index in [1.807, 2.05) is 0 Å². The molecule has 1 unspecified atom stereocenters. The van der Waals surface area contributed by atoms with Gasteiger partial charge < -0.3 is 16.9 Å². The molecule has 1 nitrogen and oxygen atoms in total. The zero-order valence-electron chi connectivity index (χ0n) is 8.10. The molecule has 0 aromatic heterocycles. The van der Waals surface area contributed by atoms with Crippen LogP contribution in [0.4, 0.5) is 0 Å². The van der Waals surface area contributed by atoms with E-state index in [-0.39, 0.29) is 12.4 Å². The molecule has 0 saturated heterocycles. The number of likely N-dealkylation sites (N-methyl/N-ethyl adjacent to an activating group) is 1. The molecule has 0 N–H and O–H groups in total. The molecular formula is C9H20ClN. The van der Waals surface area contributed by atoms with E-state index >= 15 is 0 Å². The van der Waals surface area contributed by atoms with Crippen molar-refractivity contribution in [1.29, 1.82) is 0 Å². The zero-order valence-corrected chi connectivity index (χ0v) is 8.86. The SMILES string of the molecule is C=CC(CCC)[N+](C)(C)C.[Cl-]. The average Bonchev–Trinajstić information content (AvgIpc) is 1.80. The van der Waals surface area contributed by atoms with Gasteiger partial charge in [-0.25, -0.2) is 0 Å². The van der Waals surface area contributed by atoms with Crippen LogP contribution < -0.4 is 12.4 Å². The Morgan fingerprint density at radius 3 is 1.91 bits per heavy atom. The maximum atomic E-state index is 3.83. The number of hydrogen-bond donors (Lipinski definition) is 0. The summed E-state index contributed by atoms with van der Waals surface area (Å²) < 4.78 is 0.997. The van der Waals surface area contributed by atoms with Crippen LogP contribution in [0.25, 0.3) is 0 Å². The molecule has 2 heteroatoms. The van der Waals surface area contributed by atoms with Gasteiger partial charge in [-0.2, -0.15) is 0 Å². The van der Waals surface area contributed by atoms with Crippen molar-refractivity contribution in [3.8, 4) is 0 Å². The predicted octanol–water partition coefficient (Wildman–Crippen LogP) is -0.949. The lowest BCUT2D eigenvalue weighted by Gasteiger charge is -2.31. The van der Waals surface area contributed by atoms with Crippen LogP contribution in [0.5, 0.6) is 0 Å². The predicted molar refractivity (Wildman–Crippen MR) is 46.9 cm³/mol. The Bertz CT molecular complexity index is 105. The summed E-state index contributed by atoms with van der Waals surface area (Å²) in [5, 5.41) is 0. The van der Waals surface area contributed by atoms with Crippen molar-refractivity contribution >= 4 is 0 Å². The minimum Gasteiger partial charge on any atom is -1.00 e. The molecule has 11 heavy (non-hydrogen) atoms. The second-order valence-corrected chi connectivity index (χ2v) is 3.71. The van der Waals surface area contributed by atoms with E-state index < -0.39 is 0 Å². The van der Waals surface area contributed by atoms with Crippen LogP contribution in [0.1, 0.15) is 19.8 Å². The molecule has 0 saturated carbocycles. The van der Waals surface area contributed by atoms with E-state index in [4.69, 9.17) is 0 Å². The highest BCUT2D eigenvalue weighted by molar-refractivity contribution is 4.78. The molecule has 0 aromatic carbocycles. The van der Waals surface area contributed by atoms with Crippen molar-refractivity contribution < 1.29 is 16.9 Å². The van der Waals surface area contributed by atoms with Gasteiger partial charge in [0.25, 0.3) is 0 Å². The molecule has 0 aliphatic heterocycles. The number of rotatable bonds is 4. The van der Waals surface area contributed by atoms with E-state index in [0.29, 0.717) is 6.04 Å². The summed E-state index contributed by atoms with van der Waals surface area (Å²) >= 11 is 0. The summed E-state index contributed by atoms with van der Waals surface area (Å²) in [5.41, 5.74) is 0. The summed E-state index contributed by atoms with van der Waals surface area (Å²) in [5.74, 6) is 0. The normalized spacial score (nSPS) is 13.5. The van der Waals surface area contributed by atoms with Gasteiger partial charge in [0.15, 0.2) is 0 Å². The first-order chi connectivity index (χ1) is 4.52. The quantitative estimate of drug-likeness (QED) is 0.384. The first-order valence-corrected chi connectivity index (χ1v) is 3.96. The highest BCUT2D eigenvalue weighted by Gasteiger charge is 2.17. The van der Waals surface area contributed by atoms with Crippen LogP contribution in [0, 0.1) is 0 Å². The summed E-state index contributed by atoms with van der Waals surface area (Å²) in [7, 11) is 6.63. The van der Waals surface area contributed by atoms with Gasteiger partial charge in [0.1, 0.15) is 6.04 Å². The van der Waals surface area contributed by atoms with Crippen molar-refractivity contribution in [2.24, 2.45) is 0 Å². The third-order valence-electron chi connectivity index (χ3n) is 1.85. The van der Waals surface area contributed by atoms with E-state index in [0.717, 1.165) is 4.48 Å². The van der Waals surface area contributed by atoms with Gasteiger partial charge in [0, 0.05) is 6.42 Å². The third kappa shape index (κ3) is 5.28. The molecule has 0 radical (unpaired) electrons. The first-order valence-electron chi connectivity index (χ1n) is 3.96. The zero-order chi connectivity index (χ0) is 8.20. The van der Waals surface area contributed by atoms with Gasteiger partial charge in [-0.05, 0) is 6.08 Å². The second-order valence-electron chi connectivity index (χ2n) is 3.71. The second kappa shape index (κ2) is 5.62. The summed E-state index contributed by atoms with van der Waals surface area (Å²) in [4.78, 5) is 0. The molecule has 0 aliphatic rings. The largest absolute Gasteiger partial charge is 1.00 e. The number of hydrogen-bond acceptors (Lipinski definition) is 0. The molecule has 0 spiro atoms. The molecule has 0 bridgehead atoms. The lowest BCUT2D eigenvalue weighted by molar-refractivity contribution is -0.889. The van der Waals surface area contributed by atoms with Crippen molar-refractivity contribution in [3.05, 3.63) is 12.7 Å². The Hall–Kier alpha value is -0.0100. The lowest BCUT2D eigenvalue weighted by Crippen LogP contribution is -3.00. The van der Waals surface area contributed by atoms with Gasteiger partial charge >= 0.3 is 0 Å². The van der Waals surface area contributed by atoms with Crippen LogP contribution in [0.3, 0.4) is 0 Å². The topological polar surface area (TPSA) is 0 Å². The maximum absolute atomic E-state index is 3.83. The van der Waals surface area contributed by atoms with E-state index in [2.05, 4.69) is 40.7 Å². The van der Waals surface area contributed by atoms with E-state index in [1.165, 1.54) is 12.8 Å². The van der Waals surface area contributed by atoms with Gasteiger partial charge in [-0.3, -0.25) is 0 Å². The molecule has 0 rings (SSSR count). The average molecular weight is 178 g/mol. The fourth-order valence-electron chi connectivity index (χ4n) is 1.12. The van der Waals surface area contributed by atoms with Crippen molar-refractivity contribution in [2.45, 2.75) is 25.8 Å². The Kier molecular flexibility index (Phi) is 6.93. The minimum atomic E-state index is 0. The standard InChI is InChI=1S/C9H20N.ClH/c1-6-8-9(7-2)10(3,4)5;/h7,9H,2,6,8H2,1,3-5H3;1H/q+1;/p-1. The van der Waals surface area contributed by atoms with Gasteiger partial charge in [0.2, 0.25) is 0 Å². The number of quaternary nitrogens is 1. The van der Waals surface area contributed by atoms with Crippen LogP contribution in [0.2, 0.25) is 0 Å². The highest BCUT2D eigenvalue weighted by Crippen LogP contribution is 2.09. The fraction of sp³-hybridized carbons (Fsp3) is 0.778. The highest BCUT2D eigenvalue weighted by atomic mass is 35.5. The molecule has 0 fully saturated rings. The summed E-state index contributed by atoms with van der Waals surface area (Å²) in [6.07, 6.45) is 4.54. The lowest BCUT2D eigenvalue weighted by atomic mass is 10.1. The Labute approximate surface area is 77.1 Å².